The Balaban J connectivity index is 2.08. The zero-order valence-corrected chi connectivity index (χ0v) is 12.2. The lowest BCUT2D eigenvalue weighted by Crippen LogP contribution is -2.22. The monoisotopic (exact) mass is 302 g/mol. The molecule has 0 unspecified atom stereocenters. The highest BCUT2D eigenvalue weighted by atomic mass is 32.1. The number of non-ortho nitro benzene ring substituents is 1. The third kappa shape index (κ3) is 3.76. The fourth-order valence-electron chi connectivity index (χ4n) is 1.89. The molecule has 5 nitrogen and oxygen atoms in total. The highest BCUT2D eigenvalue weighted by Crippen LogP contribution is 2.17. The lowest BCUT2D eigenvalue weighted by Gasteiger charge is -2.11. The summed E-state index contributed by atoms with van der Waals surface area (Å²) in [6.45, 7) is 0.492. The Bertz CT molecular complexity index is 673. The third-order valence-corrected chi connectivity index (χ3v) is 3.33. The number of nitrogens with zero attached hydrogens (tertiary/aromatic N) is 1. The van der Waals surface area contributed by atoms with Crippen LogP contribution in [0.25, 0.3) is 0 Å². The molecule has 6 heteroatoms. The number of nitrogens with one attached hydrogen (secondary N) is 1. The molecule has 2 rings (SSSR count). The first-order valence-corrected chi connectivity index (χ1v) is 6.67. The van der Waals surface area contributed by atoms with Crippen molar-refractivity contribution in [3.63, 3.8) is 0 Å². The molecule has 0 atom stereocenters. The Labute approximate surface area is 127 Å². The lowest BCUT2D eigenvalue weighted by molar-refractivity contribution is -0.384. The molecule has 2 aromatic rings. The summed E-state index contributed by atoms with van der Waals surface area (Å²) >= 11 is 5.27. The smallest absolute Gasteiger partial charge is 0.270 e. The van der Waals surface area contributed by atoms with E-state index in [-0.39, 0.29) is 5.69 Å². The van der Waals surface area contributed by atoms with Crippen molar-refractivity contribution in [3.8, 4) is 5.75 Å². The van der Waals surface area contributed by atoms with Gasteiger partial charge in [-0.3, -0.25) is 10.1 Å². The molecule has 0 amide bonds. The van der Waals surface area contributed by atoms with E-state index in [1.165, 1.54) is 12.1 Å². The first-order valence-electron chi connectivity index (χ1n) is 6.26. The first-order chi connectivity index (χ1) is 10.1. The van der Waals surface area contributed by atoms with E-state index < -0.39 is 4.92 Å². The maximum Gasteiger partial charge on any atom is 0.270 e. The molecule has 0 bridgehead atoms. The normalized spacial score (nSPS) is 9.95. The van der Waals surface area contributed by atoms with Crippen LogP contribution in [-0.2, 0) is 6.54 Å². The molecule has 2 aromatic carbocycles. The van der Waals surface area contributed by atoms with E-state index in [0.717, 1.165) is 11.3 Å². The first kappa shape index (κ1) is 14.9. The van der Waals surface area contributed by atoms with Crippen LogP contribution in [0, 0.1) is 10.1 Å². The average molecular weight is 302 g/mol. The predicted octanol–water partition coefficient (Wildman–Crippen LogP) is 3.07. The van der Waals surface area contributed by atoms with Gasteiger partial charge < -0.3 is 10.1 Å². The topological polar surface area (TPSA) is 64.4 Å². The fourth-order valence-corrected chi connectivity index (χ4v) is 2.09. The Morgan fingerprint density at radius 3 is 2.76 bits per heavy atom. The van der Waals surface area contributed by atoms with Gasteiger partial charge in [-0.15, -0.1) is 0 Å². The summed E-state index contributed by atoms with van der Waals surface area (Å²) in [6.07, 6.45) is 0. The second kappa shape index (κ2) is 6.81. The largest absolute Gasteiger partial charge is 0.496 e. The molecule has 1 N–H and O–H groups in total. The van der Waals surface area contributed by atoms with E-state index in [1.54, 1.807) is 19.2 Å². The van der Waals surface area contributed by atoms with Crippen LogP contribution in [0.1, 0.15) is 11.1 Å². The second-order valence-electron chi connectivity index (χ2n) is 4.30. The average Bonchev–Trinajstić information content (AvgIpc) is 2.52. The maximum absolute atomic E-state index is 10.8. The van der Waals surface area contributed by atoms with E-state index >= 15 is 0 Å². The number of nitro benzene ring substituents is 1. The van der Waals surface area contributed by atoms with Crippen molar-refractivity contribution < 1.29 is 9.66 Å². The van der Waals surface area contributed by atoms with E-state index in [1.807, 2.05) is 24.3 Å². The molecule has 0 saturated heterocycles. The van der Waals surface area contributed by atoms with Gasteiger partial charge in [0.25, 0.3) is 5.69 Å². The summed E-state index contributed by atoms with van der Waals surface area (Å²) in [6, 6.07) is 13.9. The summed E-state index contributed by atoms with van der Waals surface area (Å²) in [7, 11) is 1.61. The second-order valence-corrected chi connectivity index (χ2v) is 4.71. The number of hydrogen-bond donors (Lipinski definition) is 1. The van der Waals surface area contributed by atoms with Crippen molar-refractivity contribution in [1.29, 1.82) is 0 Å². The summed E-state index contributed by atoms with van der Waals surface area (Å²) in [5, 5.41) is 13.8. The molecule has 0 aliphatic heterocycles. The number of ether oxygens (including phenoxy) is 1. The summed E-state index contributed by atoms with van der Waals surface area (Å²) in [5.74, 6) is 0.770. The number of benzene rings is 2. The molecule has 0 spiro atoms. The van der Waals surface area contributed by atoms with Gasteiger partial charge in [0.2, 0.25) is 0 Å². The van der Waals surface area contributed by atoms with Gasteiger partial charge in [0.1, 0.15) is 10.7 Å². The standard InChI is InChI=1S/C15H14N2O3S/c1-20-14-8-3-2-5-12(14)10-16-15(21)11-6-4-7-13(9-11)17(18)19/h2-9H,10H2,1H3,(H,16,21). The third-order valence-electron chi connectivity index (χ3n) is 2.95. The maximum atomic E-state index is 10.8. The number of thiocarbonyl (C=S) groups is 1. The number of methoxy groups -OCH3 is 1. The minimum absolute atomic E-state index is 0.0222. The van der Waals surface area contributed by atoms with Gasteiger partial charge in [-0.05, 0) is 6.07 Å². The van der Waals surface area contributed by atoms with Crippen molar-refractivity contribution >= 4 is 22.9 Å². The van der Waals surface area contributed by atoms with Crippen LogP contribution in [0.5, 0.6) is 5.75 Å². The Morgan fingerprint density at radius 2 is 2.05 bits per heavy atom. The van der Waals surface area contributed by atoms with Crippen LogP contribution in [0.3, 0.4) is 0 Å². The van der Waals surface area contributed by atoms with Crippen LogP contribution < -0.4 is 10.1 Å². The fraction of sp³-hybridized carbons (Fsp3) is 0.133. The predicted molar refractivity (Wildman–Crippen MR) is 84.6 cm³/mol. The van der Waals surface area contributed by atoms with Gasteiger partial charge in [0, 0.05) is 29.8 Å². The molecular formula is C15H14N2O3S. The zero-order chi connectivity index (χ0) is 15.2. The molecule has 0 heterocycles. The minimum Gasteiger partial charge on any atom is -0.496 e. The van der Waals surface area contributed by atoms with Crippen molar-refractivity contribution in [2.24, 2.45) is 0 Å². The quantitative estimate of drug-likeness (QED) is 0.522. The van der Waals surface area contributed by atoms with Gasteiger partial charge in [-0.2, -0.15) is 0 Å². The Morgan fingerprint density at radius 1 is 1.29 bits per heavy atom. The summed E-state index contributed by atoms with van der Waals surface area (Å²) < 4.78 is 5.26. The van der Waals surface area contributed by atoms with Crippen molar-refractivity contribution in [2.45, 2.75) is 6.54 Å². The lowest BCUT2D eigenvalue weighted by atomic mass is 10.1. The van der Waals surface area contributed by atoms with E-state index in [9.17, 15) is 10.1 Å². The molecule has 0 fully saturated rings. The van der Waals surface area contributed by atoms with Gasteiger partial charge in [-0.1, -0.05) is 42.5 Å². The number of hydrogen-bond acceptors (Lipinski definition) is 4. The highest BCUT2D eigenvalue weighted by molar-refractivity contribution is 7.80. The molecule has 0 aliphatic rings. The Hall–Kier alpha value is -2.47. The number of para-hydroxylation sites is 1. The Kier molecular flexibility index (Phi) is 4.84. The number of rotatable bonds is 5. The summed E-state index contributed by atoms with van der Waals surface area (Å²) in [5.41, 5.74) is 1.61. The zero-order valence-electron chi connectivity index (χ0n) is 11.4. The van der Waals surface area contributed by atoms with Crippen LogP contribution >= 0.6 is 12.2 Å². The highest BCUT2D eigenvalue weighted by Gasteiger charge is 2.09. The molecule has 21 heavy (non-hydrogen) atoms. The van der Waals surface area contributed by atoms with Gasteiger partial charge >= 0.3 is 0 Å². The van der Waals surface area contributed by atoms with Gasteiger partial charge in [-0.25, -0.2) is 0 Å². The molecular weight excluding hydrogens is 288 g/mol. The van der Waals surface area contributed by atoms with Crippen molar-refractivity contribution in [1.82, 2.24) is 5.32 Å². The van der Waals surface area contributed by atoms with Crippen LogP contribution in [-0.4, -0.2) is 17.0 Å². The molecule has 0 aliphatic carbocycles. The number of nitro groups is 1. The SMILES string of the molecule is COc1ccccc1CNC(=S)c1cccc([N+](=O)[O-])c1. The van der Waals surface area contributed by atoms with Crippen molar-refractivity contribution in [3.05, 3.63) is 69.8 Å². The molecule has 108 valence electrons. The van der Waals surface area contributed by atoms with Gasteiger partial charge in [0.15, 0.2) is 0 Å². The van der Waals surface area contributed by atoms with E-state index in [0.29, 0.717) is 17.1 Å². The van der Waals surface area contributed by atoms with Crippen LogP contribution in [0.2, 0.25) is 0 Å². The summed E-state index contributed by atoms with van der Waals surface area (Å²) in [4.78, 5) is 10.8. The molecule has 0 radical (unpaired) electrons. The minimum atomic E-state index is -0.438. The van der Waals surface area contributed by atoms with Gasteiger partial charge in [0.05, 0.1) is 12.0 Å². The van der Waals surface area contributed by atoms with E-state index in [4.69, 9.17) is 17.0 Å². The van der Waals surface area contributed by atoms with Crippen LogP contribution in [0.4, 0.5) is 5.69 Å². The van der Waals surface area contributed by atoms with Crippen LogP contribution in [0.15, 0.2) is 48.5 Å². The van der Waals surface area contributed by atoms with E-state index in [2.05, 4.69) is 5.32 Å². The van der Waals surface area contributed by atoms with Crippen molar-refractivity contribution in [2.75, 3.05) is 7.11 Å². The molecule has 0 aromatic heterocycles. The molecule has 0 saturated carbocycles.